The Bertz CT molecular complexity index is 984. The molecular weight excluding hydrogens is 383 g/mol. The van der Waals surface area contributed by atoms with Gasteiger partial charge in [-0.1, -0.05) is 0 Å². The van der Waals surface area contributed by atoms with Crippen LogP contribution in [0.5, 0.6) is 5.88 Å². The predicted molar refractivity (Wildman–Crippen MR) is 113 cm³/mol. The third kappa shape index (κ3) is 3.28. The average molecular weight is 412 g/mol. The Morgan fingerprint density at radius 1 is 1.27 bits per heavy atom. The summed E-state index contributed by atoms with van der Waals surface area (Å²) in [5.74, 6) is 0.725. The van der Waals surface area contributed by atoms with Gasteiger partial charge in [0, 0.05) is 24.9 Å². The highest BCUT2D eigenvalue weighted by molar-refractivity contribution is 6.61. The van der Waals surface area contributed by atoms with Crippen LogP contribution in [0.25, 0.3) is 11.0 Å². The number of amides is 1. The fourth-order valence-corrected chi connectivity index (χ4v) is 4.07. The molecule has 2 saturated heterocycles. The number of nitrogens with zero attached hydrogens (tertiary/aromatic N) is 3. The lowest BCUT2D eigenvalue weighted by atomic mass is 9.84. The molecule has 1 saturated carbocycles. The number of hydrogen-bond acceptors (Lipinski definition) is 6. The largest absolute Gasteiger partial charge is 0.514 e. The van der Waals surface area contributed by atoms with Crippen LogP contribution < -0.4 is 15.6 Å². The van der Waals surface area contributed by atoms with Crippen LogP contribution in [0, 0.1) is 5.92 Å². The van der Waals surface area contributed by atoms with Crippen LogP contribution in [0.2, 0.25) is 0 Å². The Kier molecular flexibility index (Phi) is 4.42. The van der Waals surface area contributed by atoms with E-state index < -0.39 is 18.3 Å². The Labute approximate surface area is 176 Å². The van der Waals surface area contributed by atoms with E-state index in [0.717, 1.165) is 23.9 Å². The molecule has 2 aromatic rings. The van der Waals surface area contributed by atoms with Gasteiger partial charge >= 0.3 is 7.12 Å². The molecule has 2 atom stereocenters. The summed E-state index contributed by atoms with van der Waals surface area (Å²) in [5, 5.41) is 2.89. The number of rotatable bonds is 5. The lowest BCUT2D eigenvalue weighted by Gasteiger charge is -2.32. The van der Waals surface area contributed by atoms with E-state index in [1.165, 1.54) is 0 Å². The summed E-state index contributed by atoms with van der Waals surface area (Å²) in [6, 6.07) is 2.39. The monoisotopic (exact) mass is 412 g/mol. The summed E-state index contributed by atoms with van der Waals surface area (Å²) in [4.78, 5) is 21.1. The summed E-state index contributed by atoms with van der Waals surface area (Å²) >= 11 is 0. The first-order valence-corrected chi connectivity index (χ1v) is 10.8. The van der Waals surface area contributed by atoms with Gasteiger partial charge in [0.2, 0.25) is 11.8 Å². The van der Waals surface area contributed by atoms with E-state index in [1.54, 1.807) is 0 Å². The van der Waals surface area contributed by atoms with Gasteiger partial charge in [-0.2, -0.15) is 0 Å². The smallest absolute Gasteiger partial charge is 0.473 e. The first-order chi connectivity index (χ1) is 14.1. The molecular formula is C21H29BN4O4. The molecule has 0 spiro atoms. The van der Waals surface area contributed by atoms with Crippen molar-refractivity contribution in [3.8, 4) is 5.88 Å². The second kappa shape index (κ2) is 6.69. The predicted octanol–water partition coefficient (Wildman–Crippen LogP) is 1.97. The molecule has 1 N–H and O–H groups in total. The average Bonchev–Trinajstić information content (AvgIpc) is 3.18. The van der Waals surface area contributed by atoms with Gasteiger partial charge in [-0.05, 0) is 53.5 Å². The van der Waals surface area contributed by atoms with Crippen LogP contribution in [0.15, 0.2) is 12.4 Å². The minimum absolute atomic E-state index is 0.0718. The van der Waals surface area contributed by atoms with Crippen molar-refractivity contribution in [2.45, 2.75) is 77.2 Å². The molecule has 1 amide bonds. The molecule has 3 aliphatic rings. The first-order valence-electron chi connectivity index (χ1n) is 10.8. The van der Waals surface area contributed by atoms with Gasteiger partial charge in [0.15, 0.2) is 0 Å². The van der Waals surface area contributed by atoms with Crippen molar-refractivity contribution in [2.24, 2.45) is 5.92 Å². The van der Waals surface area contributed by atoms with Crippen LogP contribution in [0.1, 0.15) is 59.9 Å². The number of aromatic nitrogens is 3. The number of carbonyl (C=O) groups excluding carboxylic acids is 1. The third-order valence-corrected chi connectivity index (χ3v) is 6.95. The number of fused-ring (bicyclic) bond motifs is 1. The molecule has 1 aliphatic carbocycles. The summed E-state index contributed by atoms with van der Waals surface area (Å²) in [6.45, 7) is 10.7. The standard InChI is InChI=1S/C21H29BN4O4/c1-12(13-8-17(27)23-10-13)28-19-18-15(24-11-26(18)14-6-7-14)9-16(25-19)22-29-20(2,3)21(4,5)30-22/h9,11-14H,6-8,10H2,1-5H3,(H,23,27)/t12-,13?/m1/s1. The maximum absolute atomic E-state index is 11.7. The van der Waals surface area contributed by atoms with E-state index in [1.807, 2.05) is 47.0 Å². The molecule has 1 unspecified atom stereocenters. The van der Waals surface area contributed by atoms with Crippen molar-refractivity contribution in [1.29, 1.82) is 0 Å². The van der Waals surface area contributed by atoms with Crippen LogP contribution in [-0.2, 0) is 14.1 Å². The van der Waals surface area contributed by atoms with E-state index in [9.17, 15) is 4.79 Å². The normalized spacial score (nSPS) is 26.2. The molecule has 4 heterocycles. The SMILES string of the molecule is C[C@@H](Oc1nc(B2OC(C)(C)C(C)(C)O2)cc2ncn(C3CC3)c12)C1CNC(=O)C1. The van der Waals surface area contributed by atoms with E-state index in [-0.39, 0.29) is 17.9 Å². The summed E-state index contributed by atoms with van der Waals surface area (Å²) in [6.07, 6.45) is 4.47. The molecule has 3 fully saturated rings. The molecule has 2 aliphatic heterocycles. The lowest BCUT2D eigenvalue weighted by molar-refractivity contribution is -0.119. The van der Waals surface area contributed by atoms with Gasteiger partial charge < -0.3 is 23.9 Å². The number of ether oxygens (including phenoxy) is 1. The summed E-state index contributed by atoms with van der Waals surface area (Å²) in [5.41, 5.74) is 1.48. The molecule has 8 nitrogen and oxygen atoms in total. The number of imidazole rings is 1. The van der Waals surface area contributed by atoms with Crippen molar-refractivity contribution in [3.05, 3.63) is 12.4 Å². The minimum atomic E-state index is -0.585. The zero-order chi connectivity index (χ0) is 21.3. The number of nitrogens with one attached hydrogen (secondary N) is 1. The summed E-state index contributed by atoms with van der Waals surface area (Å²) < 4.78 is 20.9. The molecule has 2 aromatic heterocycles. The molecule has 160 valence electrons. The number of carbonyl (C=O) groups is 1. The third-order valence-electron chi connectivity index (χ3n) is 6.95. The molecule has 9 heteroatoms. The van der Waals surface area contributed by atoms with E-state index in [0.29, 0.717) is 30.5 Å². The quantitative estimate of drug-likeness (QED) is 0.756. The first kappa shape index (κ1) is 19.8. The maximum atomic E-state index is 11.7. The van der Waals surface area contributed by atoms with Crippen molar-refractivity contribution < 1.29 is 18.8 Å². The van der Waals surface area contributed by atoms with Crippen LogP contribution in [-0.4, -0.2) is 51.4 Å². The number of hydrogen-bond donors (Lipinski definition) is 1. The Balaban J connectivity index is 1.52. The topological polar surface area (TPSA) is 87.5 Å². The minimum Gasteiger partial charge on any atom is -0.473 e. The second-order valence-corrected chi connectivity index (χ2v) is 9.78. The highest BCUT2D eigenvalue weighted by atomic mass is 16.7. The van der Waals surface area contributed by atoms with Gasteiger partial charge in [-0.15, -0.1) is 0 Å². The Morgan fingerprint density at radius 2 is 1.97 bits per heavy atom. The van der Waals surface area contributed by atoms with Crippen molar-refractivity contribution in [3.63, 3.8) is 0 Å². The lowest BCUT2D eigenvalue weighted by Crippen LogP contribution is -2.41. The van der Waals surface area contributed by atoms with Gasteiger partial charge in [-0.3, -0.25) is 4.79 Å². The van der Waals surface area contributed by atoms with Crippen LogP contribution in [0.4, 0.5) is 0 Å². The fourth-order valence-electron chi connectivity index (χ4n) is 4.07. The van der Waals surface area contributed by atoms with Crippen molar-refractivity contribution in [2.75, 3.05) is 6.54 Å². The van der Waals surface area contributed by atoms with E-state index in [4.69, 9.17) is 19.0 Å². The van der Waals surface area contributed by atoms with Crippen LogP contribution in [0.3, 0.4) is 0 Å². The maximum Gasteiger partial charge on any atom is 0.514 e. The summed E-state index contributed by atoms with van der Waals surface area (Å²) in [7, 11) is -0.585. The molecule has 30 heavy (non-hydrogen) atoms. The van der Waals surface area contributed by atoms with Gasteiger partial charge in [0.05, 0.1) is 28.6 Å². The van der Waals surface area contributed by atoms with Gasteiger partial charge in [0.25, 0.3) is 0 Å². The Hall–Kier alpha value is -2.13. The zero-order valence-corrected chi connectivity index (χ0v) is 18.3. The van der Waals surface area contributed by atoms with Crippen molar-refractivity contribution in [1.82, 2.24) is 19.9 Å². The molecule has 5 rings (SSSR count). The second-order valence-electron chi connectivity index (χ2n) is 9.78. The van der Waals surface area contributed by atoms with Crippen LogP contribution >= 0.6 is 0 Å². The molecule has 0 radical (unpaired) electrons. The molecule has 0 aromatic carbocycles. The molecule has 0 bridgehead atoms. The fraction of sp³-hybridized carbons (Fsp3) is 0.667. The Morgan fingerprint density at radius 3 is 2.57 bits per heavy atom. The highest BCUT2D eigenvalue weighted by Gasteiger charge is 2.52. The highest BCUT2D eigenvalue weighted by Crippen LogP contribution is 2.40. The van der Waals surface area contributed by atoms with E-state index >= 15 is 0 Å². The number of pyridine rings is 1. The van der Waals surface area contributed by atoms with Gasteiger partial charge in [-0.25, -0.2) is 9.97 Å². The zero-order valence-electron chi connectivity index (χ0n) is 18.3. The van der Waals surface area contributed by atoms with E-state index in [2.05, 4.69) is 14.9 Å². The van der Waals surface area contributed by atoms with Gasteiger partial charge in [0.1, 0.15) is 11.6 Å². The van der Waals surface area contributed by atoms with Crippen molar-refractivity contribution >= 4 is 29.7 Å².